The maximum Gasteiger partial charge on any atom is 0.119 e. The van der Waals surface area contributed by atoms with Gasteiger partial charge in [-0.1, -0.05) is 6.07 Å². The van der Waals surface area contributed by atoms with Gasteiger partial charge in [-0.3, -0.25) is 0 Å². The fraction of sp³-hybridized carbons (Fsp3) is 0.625. The van der Waals surface area contributed by atoms with E-state index in [1.165, 1.54) is 30.4 Å². The summed E-state index contributed by atoms with van der Waals surface area (Å²) in [6.45, 7) is 0.714. The van der Waals surface area contributed by atoms with Crippen molar-refractivity contribution in [3.8, 4) is 5.75 Å². The van der Waals surface area contributed by atoms with E-state index in [1.807, 2.05) is 6.07 Å². The van der Waals surface area contributed by atoms with Crippen molar-refractivity contribution in [3.05, 3.63) is 29.3 Å². The molecule has 0 radical (unpaired) electrons. The lowest BCUT2D eigenvalue weighted by Crippen LogP contribution is -2.33. The van der Waals surface area contributed by atoms with E-state index in [4.69, 9.17) is 4.74 Å². The van der Waals surface area contributed by atoms with Crippen LogP contribution in [0.2, 0.25) is 0 Å². The normalized spacial score (nSPS) is 23.8. The van der Waals surface area contributed by atoms with Gasteiger partial charge in [-0.25, -0.2) is 0 Å². The second-order valence-electron chi connectivity index (χ2n) is 5.82. The van der Waals surface area contributed by atoms with E-state index in [-0.39, 0.29) is 6.10 Å². The largest absolute Gasteiger partial charge is 0.497 e. The summed E-state index contributed by atoms with van der Waals surface area (Å²) >= 11 is 0. The average Bonchev–Trinajstić information content (AvgIpc) is 3.28. The molecule has 2 atom stereocenters. The van der Waals surface area contributed by atoms with Gasteiger partial charge in [0.25, 0.3) is 0 Å². The minimum atomic E-state index is -0.170. The number of aryl methyl sites for hydroxylation is 1. The van der Waals surface area contributed by atoms with Crippen molar-refractivity contribution < 1.29 is 9.84 Å². The lowest BCUT2D eigenvalue weighted by molar-refractivity contribution is 0.143. The zero-order chi connectivity index (χ0) is 13.2. The standard InChI is InChI=1S/C16H23NO2/c1-19-13-8-7-11-3-2-4-15(14(11)9-13)17-10-16(18)12-5-6-12/h7-9,12,15-18H,2-6,10H2,1H3. The van der Waals surface area contributed by atoms with Crippen LogP contribution >= 0.6 is 0 Å². The van der Waals surface area contributed by atoms with Crippen molar-refractivity contribution in [1.29, 1.82) is 0 Å². The van der Waals surface area contributed by atoms with Gasteiger partial charge >= 0.3 is 0 Å². The Bertz CT molecular complexity index is 442. The molecule has 0 aromatic heterocycles. The number of aliphatic hydroxyl groups is 1. The molecular weight excluding hydrogens is 238 g/mol. The summed E-state index contributed by atoms with van der Waals surface area (Å²) in [5.41, 5.74) is 2.78. The van der Waals surface area contributed by atoms with Crippen molar-refractivity contribution in [2.45, 2.75) is 44.2 Å². The first-order valence-corrected chi connectivity index (χ1v) is 7.36. The maximum atomic E-state index is 9.98. The summed E-state index contributed by atoms with van der Waals surface area (Å²) in [7, 11) is 1.71. The van der Waals surface area contributed by atoms with E-state index >= 15 is 0 Å². The number of rotatable bonds is 5. The summed E-state index contributed by atoms with van der Waals surface area (Å²) in [4.78, 5) is 0. The molecule has 0 heterocycles. The van der Waals surface area contributed by atoms with Gasteiger partial charge < -0.3 is 15.2 Å². The molecule has 0 amide bonds. The van der Waals surface area contributed by atoms with Crippen molar-refractivity contribution >= 4 is 0 Å². The van der Waals surface area contributed by atoms with Gasteiger partial charge in [0.15, 0.2) is 0 Å². The Kier molecular flexibility index (Phi) is 3.76. The second-order valence-corrected chi connectivity index (χ2v) is 5.82. The van der Waals surface area contributed by atoms with Crippen LogP contribution in [0.5, 0.6) is 5.75 Å². The third-order valence-electron chi connectivity index (χ3n) is 4.41. The molecule has 2 N–H and O–H groups in total. The maximum absolute atomic E-state index is 9.98. The number of hydrogen-bond acceptors (Lipinski definition) is 3. The molecule has 1 saturated carbocycles. The van der Waals surface area contributed by atoms with Gasteiger partial charge in [0, 0.05) is 12.6 Å². The van der Waals surface area contributed by atoms with Crippen LogP contribution < -0.4 is 10.1 Å². The highest BCUT2D eigenvalue weighted by Crippen LogP contribution is 2.34. The molecule has 0 saturated heterocycles. The Balaban J connectivity index is 1.69. The van der Waals surface area contributed by atoms with E-state index in [2.05, 4.69) is 17.4 Å². The zero-order valence-electron chi connectivity index (χ0n) is 11.6. The predicted molar refractivity (Wildman–Crippen MR) is 75.4 cm³/mol. The fourth-order valence-electron chi connectivity index (χ4n) is 3.03. The number of nitrogens with one attached hydrogen (secondary N) is 1. The molecule has 0 bridgehead atoms. The van der Waals surface area contributed by atoms with E-state index in [0.29, 0.717) is 18.5 Å². The second kappa shape index (κ2) is 5.51. The first kappa shape index (κ1) is 12.9. The Morgan fingerprint density at radius 2 is 2.21 bits per heavy atom. The molecule has 1 fully saturated rings. The number of hydrogen-bond donors (Lipinski definition) is 2. The molecule has 2 unspecified atom stereocenters. The summed E-state index contributed by atoms with van der Waals surface area (Å²) in [6.07, 6.45) is 5.74. The Hall–Kier alpha value is -1.06. The molecule has 104 valence electrons. The molecule has 3 heteroatoms. The van der Waals surface area contributed by atoms with E-state index in [9.17, 15) is 5.11 Å². The fourth-order valence-corrected chi connectivity index (χ4v) is 3.03. The van der Waals surface area contributed by atoms with Crippen LogP contribution in [0.25, 0.3) is 0 Å². The van der Waals surface area contributed by atoms with Crippen molar-refractivity contribution in [3.63, 3.8) is 0 Å². The lowest BCUT2D eigenvalue weighted by atomic mass is 9.87. The highest BCUT2D eigenvalue weighted by atomic mass is 16.5. The molecule has 0 spiro atoms. The van der Waals surface area contributed by atoms with Crippen LogP contribution in [0, 0.1) is 5.92 Å². The number of methoxy groups -OCH3 is 1. The summed E-state index contributed by atoms with van der Waals surface area (Å²) in [5.74, 6) is 1.47. The number of fused-ring (bicyclic) bond motifs is 1. The SMILES string of the molecule is COc1ccc2c(c1)C(NCC(O)C1CC1)CCC2. The number of ether oxygens (including phenoxy) is 1. The lowest BCUT2D eigenvalue weighted by Gasteiger charge is -2.28. The van der Waals surface area contributed by atoms with Crippen LogP contribution in [-0.2, 0) is 6.42 Å². The van der Waals surface area contributed by atoms with Crippen LogP contribution in [-0.4, -0.2) is 24.9 Å². The third kappa shape index (κ3) is 2.93. The van der Waals surface area contributed by atoms with Gasteiger partial charge in [-0.2, -0.15) is 0 Å². The molecule has 19 heavy (non-hydrogen) atoms. The molecular formula is C16H23NO2. The first-order valence-electron chi connectivity index (χ1n) is 7.36. The molecule has 3 nitrogen and oxygen atoms in total. The monoisotopic (exact) mass is 261 g/mol. The summed E-state index contributed by atoms with van der Waals surface area (Å²) < 4.78 is 5.33. The molecule has 0 aliphatic heterocycles. The minimum absolute atomic E-state index is 0.170. The smallest absolute Gasteiger partial charge is 0.119 e. The molecule has 1 aromatic rings. The van der Waals surface area contributed by atoms with E-state index < -0.39 is 0 Å². The Morgan fingerprint density at radius 3 is 2.95 bits per heavy atom. The summed E-state index contributed by atoms with van der Waals surface area (Å²) in [5, 5.41) is 13.5. The van der Waals surface area contributed by atoms with Gasteiger partial charge in [0.05, 0.1) is 13.2 Å². The van der Waals surface area contributed by atoms with Crippen molar-refractivity contribution in [2.24, 2.45) is 5.92 Å². The first-order chi connectivity index (χ1) is 9.28. The van der Waals surface area contributed by atoms with E-state index in [1.54, 1.807) is 7.11 Å². The summed E-state index contributed by atoms with van der Waals surface area (Å²) in [6, 6.07) is 6.74. The quantitative estimate of drug-likeness (QED) is 0.855. The molecule has 2 aliphatic carbocycles. The number of benzene rings is 1. The van der Waals surface area contributed by atoms with Gasteiger partial charge in [0.1, 0.15) is 5.75 Å². The highest BCUT2D eigenvalue weighted by molar-refractivity contribution is 5.39. The van der Waals surface area contributed by atoms with Crippen molar-refractivity contribution in [2.75, 3.05) is 13.7 Å². The molecule has 2 aliphatic rings. The van der Waals surface area contributed by atoms with Crippen LogP contribution in [0.15, 0.2) is 18.2 Å². The topological polar surface area (TPSA) is 41.5 Å². The highest BCUT2D eigenvalue weighted by Gasteiger charge is 2.30. The Labute approximate surface area is 115 Å². The molecule has 1 aromatic carbocycles. The van der Waals surface area contributed by atoms with Crippen LogP contribution in [0.3, 0.4) is 0 Å². The zero-order valence-corrected chi connectivity index (χ0v) is 11.6. The average molecular weight is 261 g/mol. The Morgan fingerprint density at radius 1 is 1.37 bits per heavy atom. The third-order valence-corrected chi connectivity index (χ3v) is 4.41. The van der Waals surface area contributed by atoms with Crippen LogP contribution in [0.4, 0.5) is 0 Å². The minimum Gasteiger partial charge on any atom is -0.497 e. The van der Waals surface area contributed by atoms with Crippen molar-refractivity contribution in [1.82, 2.24) is 5.32 Å². The van der Waals surface area contributed by atoms with Crippen LogP contribution in [0.1, 0.15) is 42.9 Å². The predicted octanol–water partition coefficient (Wildman–Crippen LogP) is 2.43. The molecule has 3 rings (SSSR count). The van der Waals surface area contributed by atoms with Gasteiger partial charge in [-0.05, 0) is 61.3 Å². The van der Waals surface area contributed by atoms with Gasteiger partial charge in [0.2, 0.25) is 0 Å². The number of aliphatic hydroxyl groups excluding tert-OH is 1. The van der Waals surface area contributed by atoms with E-state index in [0.717, 1.165) is 18.6 Å². The van der Waals surface area contributed by atoms with Gasteiger partial charge in [-0.15, -0.1) is 0 Å².